The first-order valence-corrected chi connectivity index (χ1v) is 6.31. The average Bonchev–Trinajstić information content (AvgIpc) is 2.30. The van der Waals surface area contributed by atoms with Gasteiger partial charge in [0.1, 0.15) is 6.42 Å². The van der Waals surface area contributed by atoms with Crippen LogP contribution in [0.1, 0.15) is 12.0 Å². The topological polar surface area (TPSA) is 66.5 Å². The second kappa shape index (κ2) is 5.59. The van der Waals surface area contributed by atoms with Crippen LogP contribution in [0.3, 0.4) is 0 Å². The number of benzene rings is 1. The van der Waals surface area contributed by atoms with Crippen molar-refractivity contribution in [1.82, 2.24) is 10.2 Å². The summed E-state index contributed by atoms with van der Waals surface area (Å²) in [4.78, 5) is 35.0. The zero-order chi connectivity index (χ0) is 14.0. The first kappa shape index (κ1) is 13.8. The van der Waals surface area contributed by atoms with Crippen LogP contribution in [0, 0.1) is 0 Å². The molecule has 0 atom stereocenters. The van der Waals surface area contributed by atoms with E-state index in [2.05, 4.69) is 5.32 Å². The molecule has 7 heteroatoms. The summed E-state index contributed by atoms with van der Waals surface area (Å²) in [6.07, 6.45) is 0.101. The summed E-state index contributed by atoms with van der Waals surface area (Å²) in [5.74, 6) is -1.07. The molecule has 1 aromatic carbocycles. The SMILES string of the molecule is O=C1CC(=O)N(CCc2ccc(Cl)cc2Cl)C(=O)N1. The third-order valence-corrected chi connectivity index (χ3v) is 3.31. The van der Waals surface area contributed by atoms with E-state index in [1.807, 2.05) is 0 Å². The summed E-state index contributed by atoms with van der Waals surface area (Å²) >= 11 is 11.8. The largest absolute Gasteiger partial charge is 0.330 e. The molecule has 1 fully saturated rings. The number of nitrogens with one attached hydrogen (secondary N) is 1. The van der Waals surface area contributed by atoms with Gasteiger partial charge in [-0.2, -0.15) is 0 Å². The molecule has 1 heterocycles. The van der Waals surface area contributed by atoms with E-state index < -0.39 is 17.8 Å². The van der Waals surface area contributed by atoms with Crippen LogP contribution >= 0.6 is 23.2 Å². The summed E-state index contributed by atoms with van der Waals surface area (Å²) in [6.45, 7) is 0.166. The third-order valence-electron chi connectivity index (χ3n) is 2.72. The molecule has 0 aromatic heterocycles. The monoisotopic (exact) mass is 300 g/mol. The van der Waals surface area contributed by atoms with Gasteiger partial charge in [0, 0.05) is 16.6 Å². The van der Waals surface area contributed by atoms with Gasteiger partial charge in [0.2, 0.25) is 11.8 Å². The molecule has 19 heavy (non-hydrogen) atoms. The predicted molar refractivity (Wildman–Crippen MR) is 70.0 cm³/mol. The molecule has 0 radical (unpaired) electrons. The van der Waals surface area contributed by atoms with Gasteiger partial charge in [-0.05, 0) is 24.1 Å². The summed E-state index contributed by atoms with van der Waals surface area (Å²) in [5, 5.41) is 3.09. The highest BCUT2D eigenvalue weighted by Gasteiger charge is 2.30. The zero-order valence-electron chi connectivity index (χ0n) is 9.78. The van der Waals surface area contributed by atoms with E-state index >= 15 is 0 Å². The van der Waals surface area contributed by atoms with Crippen LogP contribution in [0.4, 0.5) is 4.79 Å². The minimum Gasteiger partial charge on any atom is -0.277 e. The third kappa shape index (κ3) is 3.24. The highest BCUT2D eigenvalue weighted by atomic mass is 35.5. The van der Waals surface area contributed by atoms with Crippen LogP contribution in [-0.2, 0) is 16.0 Å². The second-order valence-corrected chi connectivity index (χ2v) is 4.90. The lowest BCUT2D eigenvalue weighted by molar-refractivity contribution is -0.136. The number of urea groups is 1. The van der Waals surface area contributed by atoms with Crippen LogP contribution in [0.25, 0.3) is 0 Å². The fourth-order valence-electron chi connectivity index (χ4n) is 1.76. The molecule has 5 nitrogen and oxygen atoms in total. The molecule has 1 aliphatic heterocycles. The number of carbonyl (C=O) groups excluding carboxylic acids is 3. The molecule has 0 spiro atoms. The van der Waals surface area contributed by atoms with Gasteiger partial charge in [-0.3, -0.25) is 19.8 Å². The van der Waals surface area contributed by atoms with E-state index in [-0.39, 0.29) is 13.0 Å². The number of barbiturate groups is 1. The number of rotatable bonds is 3. The molecule has 1 aliphatic rings. The number of hydrogen-bond acceptors (Lipinski definition) is 3. The average molecular weight is 301 g/mol. The lowest BCUT2D eigenvalue weighted by atomic mass is 10.1. The Morgan fingerprint density at radius 3 is 2.58 bits per heavy atom. The van der Waals surface area contributed by atoms with Gasteiger partial charge in [-0.15, -0.1) is 0 Å². The highest BCUT2D eigenvalue weighted by Crippen LogP contribution is 2.21. The van der Waals surface area contributed by atoms with E-state index in [0.29, 0.717) is 16.5 Å². The lowest BCUT2D eigenvalue weighted by Crippen LogP contribution is -2.53. The molecule has 0 unspecified atom stereocenters. The Bertz CT molecular complexity index is 540. The number of nitrogens with zero attached hydrogens (tertiary/aromatic N) is 1. The molecule has 1 saturated heterocycles. The van der Waals surface area contributed by atoms with Crippen LogP contribution in [0.5, 0.6) is 0 Å². The Balaban J connectivity index is 2.04. The van der Waals surface area contributed by atoms with Gasteiger partial charge >= 0.3 is 6.03 Å². The van der Waals surface area contributed by atoms with E-state index in [0.717, 1.165) is 10.5 Å². The summed E-state index contributed by atoms with van der Waals surface area (Å²) < 4.78 is 0. The van der Waals surface area contributed by atoms with Gasteiger partial charge in [0.15, 0.2) is 0 Å². The van der Waals surface area contributed by atoms with Crippen molar-refractivity contribution in [2.24, 2.45) is 0 Å². The first-order chi connectivity index (χ1) is 8.97. The number of halogens is 2. The van der Waals surface area contributed by atoms with Crippen molar-refractivity contribution in [2.75, 3.05) is 6.54 Å². The Morgan fingerprint density at radius 2 is 1.95 bits per heavy atom. The minimum atomic E-state index is -0.689. The fourth-order valence-corrected chi connectivity index (χ4v) is 2.26. The van der Waals surface area contributed by atoms with Crippen LogP contribution in [0.2, 0.25) is 10.0 Å². The zero-order valence-corrected chi connectivity index (χ0v) is 11.3. The normalized spacial score (nSPS) is 15.7. The van der Waals surface area contributed by atoms with Crippen molar-refractivity contribution in [1.29, 1.82) is 0 Å². The number of imide groups is 2. The van der Waals surface area contributed by atoms with Crippen molar-refractivity contribution in [3.8, 4) is 0 Å². The maximum atomic E-state index is 11.6. The smallest absolute Gasteiger partial charge is 0.277 e. The molecule has 2 rings (SSSR count). The predicted octanol–water partition coefficient (Wildman–Crippen LogP) is 2.00. The minimum absolute atomic E-state index is 0.166. The number of hydrogen-bond donors (Lipinski definition) is 1. The Kier molecular flexibility index (Phi) is 4.07. The molecule has 0 saturated carbocycles. The van der Waals surface area contributed by atoms with Gasteiger partial charge in [0.25, 0.3) is 0 Å². The maximum Gasteiger partial charge on any atom is 0.330 e. The molecular formula is C12H10Cl2N2O3. The van der Waals surface area contributed by atoms with Gasteiger partial charge in [0.05, 0.1) is 0 Å². The number of carbonyl (C=O) groups is 3. The van der Waals surface area contributed by atoms with Crippen LogP contribution in [-0.4, -0.2) is 29.3 Å². The van der Waals surface area contributed by atoms with E-state index in [9.17, 15) is 14.4 Å². The molecule has 0 aliphatic carbocycles. The van der Waals surface area contributed by atoms with Crippen LogP contribution < -0.4 is 5.32 Å². The van der Waals surface area contributed by atoms with Crippen molar-refractivity contribution >= 4 is 41.0 Å². The highest BCUT2D eigenvalue weighted by molar-refractivity contribution is 6.35. The molecule has 1 aromatic rings. The van der Waals surface area contributed by atoms with Gasteiger partial charge in [-0.25, -0.2) is 4.79 Å². The first-order valence-electron chi connectivity index (χ1n) is 5.55. The lowest BCUT2D eigenvalue weighted by Gasteiger charge is -2.24. The second-order valence-electron chi connectivity index (χ2n) is 4.06. The van der Waals surface area contributed by atoms with Crippen molar-refractivity contribution in [3.05, 3.63) is 33.8 Å². The Labute approximate surface area is 119 Å². The van der Waals surface area contributed by atoms with Crippen molar-refractivity contribution < 1.29 is 14.4 Å². The van der Waals surface area contributed by atoms with Crippen molar-refractivity contribution in [3.63, 3.8) is 0 Å². The Morgan fingerprint density at radius 1 is 1.21 bits per heavy atom. The molecular weight excluding hydrogens is 291 g/mol. The fraction of sp³-hybridized carbons (Fsp3) is 0.250. The van der Waals surface area contributed by atoms with Gasteiger partial charge in [-0.1, -0.05) is 29.3 Å². The van der Waals surface area contributed by atoms with E-state index in [1.54, 1.807) is 18.2 Å². The number of amides is 4. The Hall–Kier alpha value is -1.59. The van der Waals surface area contributed by atoms with E-state index in [4.69, 9.17) is 23.2 Å². The van der Waals surface area contributed by atoms with Crippen LogP contribution in [0.15, 0.2) is 18.2 Å². The summed E-state index contributed by atoms with van der Waals surface area (Å²) in [6, 6.07) is 4.33. The summed E-state index contributed by atoms with van der Waals surface area (Å²) in [7, 11) is 0. The molecule has 1 N–H and O–H groups in total. The summed E-state index contributed by atoms with van der Waals surface area (Å²) in [5.41, 5.74) is 0.781. The quantitative estimate of drug-likeness (QED) is 0.868. The van der Waals surface area contributed by atoms with Crippen molar-refractivity contribution in [2.45, 2.75) is 12.8 Å². The standard InChI is InChI=1S/C12H10Cl2N2O3/c13-8-2-1-7(9(14)5-8)3-4-16-11(18)6-10(17)15-12(16)19/h1-2,5H,3-4,6H2,(H,15,17,19). The van der Waals surface area contributed by atoms with E-state index in [1.165, 1.54) is 0 Å². The molecule has 0 bridgehead atoms. The van der Waals surface area contributed by atoms with Gasteiger partial charge < -0.3 is 0 Å². The molecule has 100 valence electrons. The molecule has 4 amide bonds. The maximum absolute atomic E-state index is 11.6.